The quantitative estimate of drug-likeness (QED) is 0.793. The van der Waals surface area contributed by atoms with E-state index >= 15 is 0 Å². The first-order valence-corrected chi connectivity index (χ1v) is 7.76. The molecule has 1 aliphatic heterocycles. The third kappa shape index (κ3) is 3.17. The number of ether oxygens (including phenoxy) is 1. The molecule has 0 unspecified atom stereocenters. The van der Waals surface area contributed by atoms with Crippen LogP contribution >= 0.6 is 0 Å². The Hall–Kier alpha value is -1.40. The van der Waals surface area contributed by atoms with Crippen LogP contribution in [0, 0.1) is 5.41 Å². The molecule has 22 heavy (non-hydrogen) atoms. The summed E-state index contributed by atoms with van der Waals surface area (Å²) in [6, 6.07) is 0. The van der Waals surface area contributed by atoms with E-state index in [1.54, 1.807) is 13.8 Å². The Morgan fingerprint density at radius 1 is 1.41 bits per heavy atom. The smallest absolute Gasteiger partial charge is 0.272 e. The van der Waals surface area contributed by atoms with E-state index in [0.717, 1.165) is 11.3 Å². The molecule has 1 aliphatic rings. The molecule has 124 valence electrons. The van der Waals surface area contributed by atoms with Gasteiger partial charge in [-0.15, -0.1) is 0 Å². The first kappa shape index (κ1) is 17.0. The lowest BCUT2D eigenvalue weighted by Crippen LogP contribution is -2.47. The molecule has 0 radical (unpaired) electrons. The summed E-state index contributed by atoms with van der Waals surface area (Å²) >= 11 is 0. The molecule has 1 aromatic rings. The Morgan fingerprint density at radius 2 is 2.05 bits per heavy atom. The van der Waals surface area contributed by atoms with Gasteiger partial charge in [0.25, 0.3) is 5.91 Å². The first-order valence-electron chi connectivity index (χ1n) is 7.76. The van der Waals surface area contributed by atoms with E-state index in [0.29, 0.717) is 18.7 Å². The number of aliphatic hydroxyl groups is 1. The molecule has 0 bridgehead atoms. The molecular weight excluding hydrogens is 282 g/mol. The van der Waals surface area contributed by atoms with Crippen molar-refractivity contribution in [2.75, 3.05) is 6.54 Å². The van der Waals surface area contributed by atoms with Crippen molar-refractivity contribution in [2.24, 2.45) is 5.41 Å². The third-order valence-corrected chi connectivity index (χ3v) is 4.80. The van der Waals surface area contributed by atoms with Gasteiger partial charge in [-0.05, 0) is 27.7 Å². The number of carbonyl (C=O) groups excluding carboxylic acids is 1. The fraction of sp³-hybridized carbons (Fsp3) is 0.750. The topological polar surface area (TPSA) is 87.2 Å². The fourth-order valence-corrected chi connectivity index (χ4v) is 2.46. The summed E-state index contributed by atoms with van der Waals surface area (Å²) in [4.78, 5) is 12.4. The van der Waals surface area contributed by atoms with Crippen molar-refractivity contribution in [3.05, 3.63) is 17.0 Å². The number of fused-ring (bicyclic) bond motifs is 1. The second-order valence-corrected chi connectivity index (χ2v) is 7.38. The van der Waals surface area contributed by atoms with Crippen LogP contribution in [0.15, 0.2) is 0 Å². The normalized spacial score (nSPS) is 22.3. The molecule has 6 nitrogen and oxygen atoms in total. The standard InChI is InChI=1S/C16H27N3O3/c1-9-7-11-12(10(2)22-9)18-19-13(11)14(20)17-8-15(3,4)16(5,6)21/h9-10,21H,7-8H2,1-6H3,(H,17,20)(H,18,19)/t9-,10+/m1/s1. The van der Waals surface area contributed by atoms with Crippen LogP contribution in [0.2, 0.25) is 0 Å². The van der Waals surface area contributed by atoms with E-state index in [4.69, 9.17) is 4.74 Å². The summed E-state index contributed by atoms with van der Waals surface area (Å²) in [6.45, 7) is 11.7. The van der Waals surface area contributed by atoms with Crippen molar-refractivity contribution in [2.45, 2.75) is 65.8 Å². The molecular formula is C16H27N3O3. The second-order valence-electron chi connectivity index (χ2n) is 7.38. The van der Waals surface area contributed by atoms with Crippen LogP contribution in [0.3, 0.4) is 0 Å². The molecule has 0 aliphatic carbocycles. The summed E-state index contributed by atoms with van der Waals surface area (Å²) in [5, 5.41) is 20.1. The van der Waals surface area contributed by atoms with Crippen molar-refractivity contribution in [3.8, 4) is 0 Å². The second kappa shape index (κ2) is 5.66. The van der Waals surface area contributed by atoms with Crippen LogP contribution < -0.4 is 5.32 Å². The van der Waals surface area contributed by atoms with Crippen LogP contribution in [0.4, 0.5) is 0 Å². The molecule has 0 fully saturated rings. The Morgan fingerprint density at radius 3 is 2.64 bits per heavy atom. The van der Waals surface area contributed by atoms with E-state index in [1.807, 2.05) is 27.7 Å². The summed E-state index contributed by atoms with van der Waals surface area (Å²) < 4.78 is 5.73. The van der Waals surface area contributed by atoms with E-state index in [-0.39, 0.29) is 18.1 Å². The molecule has 0 saturated heterocycles. The Bertz CT molecular complexity index is 557. The van der Waals surface area contributed by atoms with Gasteiger partial charge in [0, 0.05) is 23.9 Å². The minimum atomic E-state index is -0.887. The zero-order valence-corrected chi connectivity index (χ0v) is 14.3. The van der Waals surface area contributed by atoms with Crippen molar-refractivity contribution < 1.29 is 14.6 Å². The largest absolute Gasteiger partial charge is 0.390 e. The van der Waals surface area contributed by atoms with E-state index in [1.165, 1.54) is 0 Å². The number of aromatic amines is 1. The monoisotopic (exact) mass is 309 g/mol. The van der Waals surface area contributed by atoms with Crippen LogP contribution in [0.1, 0.15) is 69.4 Å². The molecule has 1 aromatic heterocycles. The van der Waals surface area contributed by atoms with Gasteiger partial charge in [-0.2, -0.15) is 5.10 Å². The number of H-pyrrole nitrogens is 1. The Labute approximate surface area is 131 Å². The summed E-state index contributed by atoms with van der Waals surface area (Å²) in [5.41, 5.74) is 0.920. The fourth-order valence-electron chi connectivity index (χ4n) is 2.46. The van der Waals surface area contributed by atoms with E-state index in [9.17, 15) is 9.90 Å². The molecule has 1 amide bonds. The van der Waals surface area contributed by atoms with Crippen molar-refractivity contribution in [3.63, 3.8) is 0 Å². The predicted molar refractivity (Wildman–Crippen MR) is 83.7 cm³/mol. The number of hydrogen-bond donors (Lipinski definition) is 3. The van der Waals surface area contributed by atoms with Gasteiger partial charge in [0.15, 0.2) is 5.69 Å². The Kier molecular flexibility index (Phi) is 4.37. The minimum Gasteiger partial charge on any atom is -0.390 e. The van der Waals surface area contributed by atoms with Crippen LogP contribution in [-0.2, 0) is 11.2 Å². The van der Waals surface area contributed by atoms with Crippen LogP contribution in [-0.4, -0.2) is 39.5 Å². The number of carbonyl (C=O) groups is 1. The van der Waals surface area contributed by atoms with Gasteiger partial charge < -0.3 is 15.2 Å². The van der Waals surface area contributed by atoms with Gasteiger partial charge >= 0.3 is 0 Å². The number of rotatable bonds is 4. The molecule has 2 atom stereocenters. The number of aromatic nitrogens is 2. The highest BCUT2D eigenvalue weighted by Crippen LogP contribution is 2.31. The van der Waals surface area contributed by atoms with Gasteiger partial charge in [-0.25, -0.2) is 0 Å². The maximum Gasteiger partial charge on any atom is 0.272 e. The van der Waals surface area contributed by atoms with Gasteiger partial charge in [-0.1, -0.05) is 13.8 Å². The molecule has 3 N–H and O–H groups in total. The highest BCUT2D eigenvalue weighted by molar-refractivity contribution is 5.94. The van der Waals surface area contributed by atoms with Gasteiger partial charge in [0.05, 0.1) is 23.5 Å². The van der Waals surface area contributed by atoms with Crippen molar-refractivity contribution in [1.82, 2.24) is 15.5 Å². The number of nitrogens with one attached hydrogen (secondary N) is 2. The molecule has 2 rings (SSSR count). The van der Waals surface area contributed by atoms with E-state index < -0.39 is 11.0 Å². The number of hydrogen-bond acceptors (Lipinski definition) is 4. The van der Waals surface area contributed by atoms with Crippen molar-refractivity contribution >= 4 is 5.91 Å². The summed E-state index contributed by atoms with van der Waals surface area (Å²) in [6.07, 6.45) is 0.661. The summed E-state index contributed by atoms with van der Waals surface area (Å²) in [5.74, 6) is -0.212. The predicted octanol–water partition coefficient (Wildman–Crippen LogP) is 1.96. The average molecular weight is 309 g/mol. The SMILES string of the molecule is C[C@@H]1Cc2c(C(=O)NCC(C)(C)C(C)(C)O)n[nH]c2[C@H](C)O1. The Balaban J connectivity index is 2.12. The number of nitrogens with zero attached hydrogens (tertiary/aromatic N) is 1. The molecule has 0 saturated carbocycles. The van der Waals surface area contributed by atoms with Gasteiger partial charge in [-0.3, -0.25) is 9.89 Å². The van der Waals surface area contributed by atoms with Crippen LogP contribution in [0.5, 0.6) is 0 Å². The van der Waals surface area contributed by atoms with Crippen LogP contribution in [0.25, 0.3) is 0 Å². The van der Waals surface area contributed by atoms with Gasteiger partial charge in [0.2, 0.25) is 0 Å². The minimum absolute atomic E-state index is 0.0690. The molecule has 0 spiro atoms. The average Bonchev–Trinajstić information content (AvgIpc) is 2.78. The zero-order valence-electron chi connectivity index (χ0n) is 14.3. The number of amides is 1. The third-order valence-electron chi connectivity index (χ3n) is 4.80. The molecule has 0 aromatic carbocycles. The van der Waals surface area contributed by atoms with Gasteiger partial charge in [0.1, 0.15) is 0 Å². The summed E-state index contributed by atoms with van der Waals surface area (Å²) in [7, 11) is 0. The molecule has 6 heteroatoms. The first-order chi connectivity index (χ1) is 10.0. The lowest BCUT2D eigenvalue weighted by molar-refractivity contribution is -0.0327. The van der Waals surface area contributed by atoms with Crippen molar-refractivity contribution in [1.29, 1.82) is 0 Å². The highest BCUT2D eigenvalue weighted by atomic mass is 16.5. The zero-order chi connectivity index (χ0) is 16.7. The maximum atomic E-state index is 12.4. The highest BCUT2D eigenvalue weighted by Gasteiger charge is 2.36. The lowest BCUT2D eigenvalue weighted by Gasteiger charge is -2.37. The maximum absolute atomic E-state index is 12.4. The lowest BCUT2D eigenvalue weighted by atomic mass is 9.77. The van der Waals surface area contributed by atoms with E-state index in [2.05, 4.69) is 15.5 Å². The molecule has 2 heterocycles.